The van der Waals surface area contributed by atoms with E-state index < -0.39 is 5.97 Å². The third-order valence-electron chi connectivity index (χ3n) is 2.10. The van der Waals surface area contributed by atoms with Crippen LogP contribution < -0.4 is 4.74 Å². The Hall–Kier alpha value is -2.02. The molecule has 1 aromatic rings. The van der Waals surface area contributed by atoms with Crippen LogP contribution in [0.4, 0.5) is 0 Å². The van der Waals surface area contributed by atoms with Crippen molar-refractivity contribution in [1.29, 1.82) is 5.26 Å². The number of carbonyl (C=O) groups is 1. The molecular formula is C11H11NO3. The van der Waals surface area contributed by atoms with Crippen LogP contribution in [-0.2, 0) is 4.74 Å². The molecule has 0 spiro atoms. The number of hydrogen-bond donors (Lipinski definition) is 0. The number of methoxy groups -OCH3 is 1. The predicted molar refractivity (Wildman–Crippen MR) is 53.5 cm³/mol. The van der Waals surface area contributed by atoms with Crippen LogP contribution in [0.3, 0.4) is 0 Å². The van der Waals surface area contributed by atoms with Gasteiger partial charge in [-0.15, -0.1) is 5.26 Å². The maximum Gasteiger partial charge on any atom is 0.341 e. The molecular weight excluding hydrogens is 194 g/mol. The number of carbonyl (C=O) groups excluding carboxylic acids is 1. The second-order valence-electron chi connectivity index (χ2n) is 3.09. The van der Waals surface area contributed by atoms with Crippen molar-refractivity contribution in [3.63, 3.8) is 0 Å². The van der Waals surface area contributed by atoms with Gasteiger partial charge in [0.05, 0.1) is 7.11 Å². The first-order valence-corrected chi connectivity index (χ1v) is 4.36. The number of nitriles is 1. The van der Waals surface area contributed by atoms with E-state index in [0.717, 1.165) is 11.1 Å². The summed E-state index contributed by atoms with van der Waals surface area (Å²) in [6.07, 6.45) is 1.56. The van der Waals surface area contributed by atoms with Gasteiger partial charge >= 0.3 is 5.97 Å². The molecule has 0 aliphatic heterocycles. The van der Waals surface area contributed by atoms with Crippen molar-refractivity contribution in [2.75, 3.05) is 7.11 Å². The van der Waals surface area contributed by atoms with E-state index in [9.17, 15) is 4.79 Å². The Balaban J connectivity index is 3.39. The Morgan fingerprint density at radius 3 is 2.47 bits per heavy atom. The molecule has 0 bridgehead atoms. The van der Waals surface area contributed by atoms with Gasteiger partial charge in [-0.05, 0) is 25.0 Å². The molecule has 0 unspecified atom stereocenters. The Bertz CT molecular complexity index is 432. The van der Waals surface area contributed by atoms with Crippen molar-refractivity contribution in [2.45, 2.75) is 13.8 Å². The van der Waals surface area contributed by atoms with Crippen molar-refractivity contribution in [2.24, 2.45) is 0 Å². The highest BCUT2D eigenvalue weighted by Crippen LogP contribution is 2.27. The van der Waals surface area contributed by atoms with E-state index in [1.807, 2.05) is 0 Å². The van der Waals surface area contributed by atoms with Gasteiger partial charge < -0.3 is 9.47 Å². The van der Waals surface area contributed by atoms with Crippen LogP contribution in [0, 0.1) is 25.4 Å². The Morgan fingerprint density at radius 1 is 1.33 bits per heavy atom. The number of rotatable bonds is 2. The van der Waals surface area contributed by atoms with Gasteiger partial charge in [-0.25, -0.2) is 4.79 Å². The van der Waals surface area contributed by atoms with Crippen LogP contribution in [-0.4, -0.2) is 13.1 Å². The molecule has 1 rings (SSSR count). The van der Waals surface area contributed by atoms with Gasteiger partial charge in [-0.1, -0.05) is 12.1 Å². The fourth-order valence-corrected chi connectivity index (χ4v) is 1.32. The quantitative estimate of drug-likeness (QED) is 0.547. The summed E-state index contributed by atoms with van der Waals surface area (Å²) < 4.78 is 9.41. The number of esters is 1. The topological polar surface area (TPSA) is 59.3 Å². The first-order valence-electron chi connectivity index (χ1n) is 4.36. The molecule has 0 radical (unpaired) electrons. The van der Waals surface area contributed by atoms with Gasteiger partial charge in [0.25, 0.3) is 6.26 Å². The van der Waals surface area contributed by atoms with Crippen molar-refractivity contribution in [3.8, 4) is 12.0 Å². The second-order valence-corrected chi connectivity index (χ2v) is 3.09. The summed E-state index contributed by atoms with van der Waals surface area (Å²) in [6, 6.07) is 3.57. The third-order valence-corrected chi connectivity index (χ3v) is 2.10. The lowest BCUT2D eigenvalue weighted by atomic mass is 10.0. The minimum absolute atomic E-state index is 0.268. The van der Waals surface area contributed by atoms with Crippen molar-refractivity contribution >= 4 is 5.97 Å². The Labute approximate surface area is 88.0 Å². The average molecular weight is 205 g/mol. The highest BCUT2D eigenvalue weighted by Gasteiger charge is 2.18. The van der Waals surface area contributed by atoms with Crippen molar-refractivity contribution < 1.29 is 14.3 Å². The molecule has 0 fully saturated rings. The van der Waals surface area contributed by atoms with E-state index in [4.69, 9.17) is 10.00 Å². The second kappa shape index (κ2) is 4.47. The summed E-state index contributed by atoms with van der Waals surface area (Å²) in [5, 5.41) is 8.49. The van der Waals surface area contributed by atoms with Crippen LogP contribution >= 0.6 is 0 Å². The minimum atomic E-state index is -0.499. The molecule has 78 valence electrons. The maximum absolute atomic E-state index is 11.5. The fourth-order valence-electron chi connectivity index (χ4n) is 1.32. The van der Waals surface area contributed by atoms with E-state index in [2.05, 4.69) is 4.74 Å². The summed E-state index contributed by atoms with van der Waals surface area (Å²) >= 11 is 0. The monoisotopic (exact) mass is 205 g/mol. The zero-order chi connectivity index (χ0) is 11.4. The molecule has 4 nitrogen and oxygen atoms in total. The molecule has 15 heavy (non-hydrogen) atoms. The number of benzene rings is 1. The molecule has 0 saturated heterocycles. The molecule has 0 aliphatic carbocycles. The van der Waals surface area contributed by atoms with Crippen molar-refractivity contribution in [3.05, 3.63) is 28.8 Å². The highest BCUT2D eigenvalue weighted by molar-refractivity contribution is 5.94. The van der Waals surface area contributed by atoms with Crippen LogP contribution in [0.25, 0.3) is 0 Å². The Morgan fingerprint density at radius 2 is 1.93 bits per heavy atom. The number of hydrogen-bond acceptors (Lipinski definition) is 4. The summed E-state index contributed by atoms with van der Waals surface area (Å²) in [5.74, 6) is -0.231. The third kappa shape index (κ3) is 2.08. The number of nitrogens with zero attached hydrogens (tertiary/aromatic N) is 1. The zero-order valence-corrected chi connectivity index (χ0v) is 8.83. The molecule has 0 aliphatic rings. The van der Waals surface area contributed by atoms with Gasteiger partial charge in [0.15, 0.2) is 5.75 Å². The number of aryl methyl sites for hydroxylation is 2. The maximum atomic E-state index is 11.5. The molecule has 0 amide bonds. The minimum Gasteiger partial charge on any atom is -0.465 e. The highest BCUT2D eigenvalue weighted by atomic mass is 16.5. The van der Waals surface area contributed by atoms with Gasteiger partial charge in [-0.2, -0.15) is 0 Å². The molecule has 0 saturated carbocycles. The molecule has 0 atom stereocenters. The van der Waals surface area contributed by atoms with Gasteiger partial charge in [-0.3, -0.25) is 0 Å². The molecule has 1 aromatic carbocycles. The van der Waals surface area contributed by atoms with Crippen LogP contribution in [0.1, 0.15) is 21.5 Å². The van der Waals surface area contributed by atoms with Gasteiger partial charge in [0.2, 0.25) is 0 Å². The smallest absolute Gasteiger partial charge is 0.341 e. The average Bonchev–Trinajstić information content (AvgIpc) is 2.23. The zero-order valence-electron chi connectivity index (χ0n) is 8.83. The molecule has 0 aromatic heterocycles. The molecule has 4 heteroatoms. The first kappa shape index (κ1) is 11.1. The summed E-state index contributed by atoms with van der Waals surface area (Å²) in [6.45, 7) is 3.52. The van der Waals surface area contributed by atoms with Gasteiger partial charge in [0.1, 0.15) is 5.56 Å². The van der Waals surface area contributed by atoms with Crippen LogP contribution in [0.15, 0.2) is 12.1 Å². The number of ether oxygens (including phenoxy) is 2. The largest absolute Gasteiger partial charge is 0.465 e. The predicted octanol–water partition coefficient (Wildman–Crippen LogP) is 1.95. The molecule has 0 heterocycles. The normalized spacial score (nSPS) is 9.20. The van der Waals surface area contributed by atoms with Crippen molar-refractivity contribution in [1.82, 2.24) is 0 Å². The van der Waals surface area contributed by atoms with Gasteiger partial charge in [0, 0.05) is 0 Å². The standard InChI is InChI=1S/C11H11NO3/c1-7-4-5-8(2)10(15-6-12)9(7)11(13)14-3/h4-5H,1-3H3. The lowest BCUT2D eigenvalue weighted by molar-refractivity contribution is 0.0597. The Kier molecular flexibility index (Phi) is 3.29. The van der Waals surface area contributed by atoms with E-state index in [0.29, 0.717) is 5.56 Å². The molecule has 0 N–H and O–H groups in total. The van der Waals surface area contributed by atoms with E-state index >= 15 is 0 Å². The SMILES string of the molecule is COC(=O)c1c(C)ccc(C)c1OC#N. The fraction of sp³-hybridized carbons (Fsp3) is 0.273. The first-order chi connectivity index (χ1) is 7.11. The summed E-state index contributed by atoms with van der Waals surface area (Å²) in [5.41, 5.74) is 1.75. The summed E-state index contributed by atoms with van der Waals surface area (Å²) in [4.78, 5) is 11.5. The lowest BCUT2D eigenvalue weighted by Crippen LogP contribution is -2.07. The van der Waals surface area contributed by atoms with Crippen LogP contribution in [0.2, 0.25) is 0 Å². The van der Waals surface area contributed by atoms with E-state index in [1.165, 1.54) is 7.11 Å². The van der Waals surface area contributed by atoms with E-state index in [1.54, 1.807) is 32.2 Å². The lowest BCUT2D eigenvalue weighted by Gasteiger charge is -2.10. The van der Waals surface area contributed by atoms with E-state index in [-0.39, 0.29) is 5.75 Å². The summed E-state index contributed by atoms with van der Waals surface area (Å²) in [7, 11) is 1.29. The van der Waals surface area contributed by atoms with Crippen LogP contribution in [0.5, 0.6) is 5.75 Å².